The number of hydrogen-bond donors (Lipinski definition) is 1. The van der Waals surface area contributed by atoms with E-state index in [0.29, 0.717) is 22.7 Å². The van der Waals surface area contributed by atoms with Crippen LogP contribution in [0.5, 0.6) is 11.5 Å². The lowest BCUT2D eigenvalue weighted by molar-refractivity contribution is 0.102. The van der Waals surface area contributed by atoms with E-state index in [2.05, 4.69) is 73.8 Å². The highest BCUT2D eigenvalue weighted by molar-refractivity contribution is 8.00. The Morgan fingerprint density at radius 3 is 2.00 bits per heavy atom. The third-order valence-corrected chi connectivity index (χ3v) is 7.16. The number of carbonyl (C=O) groups excluding carboxylic acids is 1. The van der Waals surface area contributed by atoms with E-state index in [4.69, 9.17) is 4.74 Å². The van der Waals surface area contributed by atoms with E-state index in [1.165, 1.54) is 11.1 Å². The molecule has 0 aliphatic carbocycles. The highest BCUT2D eigenvalue weighted by Gasteiger charge is 2.25. The second-order valence-electron chi connectivity index (χ2n) is 7.68. The van der Waals surface area contributed by atoms with Gasteiger partial charge in [0.2, 0.25) is 0 Å². The molecule has 0 spiro atoms. The predicted molar refractivity (Wildman–Crippen MR) is 132 cm³/mol. The Morgan fingerprint density at radius 1 is 0.688 bits per heavy atom. The normalized spacial score (nSPS) is 12.2. The number of fused-ring (bicyclic) bond motifs is 2. The average Bonchev–Trinajstić information content (AvgIpc) is 2.92. The molecule has 158 valence electrons. The maximum absolute atomic E-state index is 13.2. The molecule has 5 rings (SSSR count). The van der Waals surface area contributed by atoms with Crippen LogP contribution in [-0.2, 0) is 0 Å². The molecule has 3 nitrogen and oxygen atoms in total. The quantitative estimate of drug-likeness (QED) is 0.339. The number of hydrogen-bond acceptors (Lipinski definition) is 4. The van der Waals surface area contributed by atoms with Gasteiger partial charge < -0.3 is 10.1 Å². The lowest BCUT2D eigenvalue weighted by Gasteiger charge is -2.14. The molecule has 0 saturated carbocycles. The zero-order valence-electron chi connectivity index (χ0n) is 17.7. The number of ether oxygens (including phenoxy) is 1. The predicted octanol–water partition coefficient (Wildman–Crippen LogP) is 7.96. The van der Waals surface area contributed by atoms with Gasteiger partial charge in [0.1, 0.15) is 5.75 Å². The highest BCUT2D eigenvalue weighted by atomic mass is 32.2. The van der Waals surface area contributed by atoms with Gasteiger partial charge in [-0.1, -0.05) is 71.0 Å². The van der Waals surface area contributed by atoms with E-state index < -0.39 is 0 Å². The molecule has 0 atom stereocenters. The molecule has 0 aromatic heterocycles. The van der Waals surface area contributed by atoms with Crippen LogP contribution >= 0.6 is 23.5 Å². The zero-order valence-corrected chi connectivity index (χ0v) is 19.3. The van der Waals surface area contributed by atoms with E-state index in [1.807, 2.05) is 30.3 Å². The van der Waals surface area contributed by atoms with Crippen LogP contribution in [0.25, 0.3) is 0 Å². The zero-order chi connectivity index (χ0) is 22.1. The molecule has 0 unspecified atom stereocenters. The second-order valence-corrected chi connectivity index (χ2v) is 9.94. The summed E-state index contributed by atoms with van der Waals surface area (Å²) in [6, 6.07) is 28.3. The van der Waals surface area contributed by atoms with Crippen LogP contribution in [0.1, 0.15) is 21.5 Å². The van der Waals surface area contributed by atoms with Crippen molar-refractivity contribution in [2.24, 2.45) is 0 Å². The fourth-order valence-corrected chi connectivity index (χ4v) is 5.42. The summed E-state index contributed by atoms with van der Waals surface area (Å²) in [5.74, 6) is 1.05. The van der Waals surface area contributed by atoms with Crippen LogP contribution in [0.2, 0.25) is 0 Å². The molecule has 0 saturated heterocycles. The minimum atomic E-state index is -0.161. The molecule has 1 aliphatic rings. The van der Waals surface area contributed by atoms with Crippen LogP contribution in [0.4, 0.5) is 5.69 Å². The van der Waals surface area contributed by atoms with Crippen molar-refractivity contribution in [1.29, 1.82) is 0 Å². The Hall–Kier alpha value is -3.15. The maximum atomic E-state index is 13.2. The Morgan fingerprint density at radius 2 is 1.31 bits per heavy atom. The van der Waals surface area contributed by atoms with Gasteiger partial charge in [0.05, 0.1) is 11.3 Å². The summed E-state index contributed by atoms with van der Waals surface area (Å²) in [5, 5.41) is 3.01. The summed E-state index contributed by atoms with van der Waals surface area (Å²) in [5.41, 5.74) is 3.66. The van der Waals surface area contributed by atoms with Gasteiger partial charge in [0, 0.05) is 19.6 Å². The molecule has 1 aliphatic heterocycles. The number of aryl methyl sites for hydroxylation is 2. The molecule has 0 radical (unpaired) electrons. The maximum Gasteiger partial charge on any atom is 0.260 e. The minimum Gasteiger partial charge on any atom is -0.454 e. The van der Waals surface area contributed by atoms with E-state index in [9.17, 15) is 4.79 Å². The van der Waals surface area contributed by atoms with Crippen molar-refractivity contribution in [1.82, 2.24) is 0 Å². The van der Waals surface area contributed by atoms with Gasteiger partial charge in [-0.15, -0.1) is 0 Å². The van der Waals surface area contributed by atoms with Crippen LogP contribution in [0.15, 0.2) is 105 Å². The van der Waals surface area contributed by atoms with Crippen molar-refractivity contribution in [2.75, 3.05) is 5.32 Å². The average molecular weight is 456 g/mol. The third-order valence-electron chi connectivity index (χ3n) is 5.13. The molecular weight excluding hydrogens is 434 g/mol. The first kappa shape index (κ1) is 20.7. The number of carbonyl (C=O) groups is 1. The number of rotatable bonds is 4. The van der Waals surface area contributed by atoms with Crippen molar-refractivity contribution >= 4 is 35.1 Å². The van der Waals surface area contributed by atoms with Gasteiger partial charge in [0.25, 0.3) is 5.91 Å². The Balaban J connectivity index is 1.60. The minimum absolute atomic E-state index is 0.161. The summed E-state index contributed by atoms with van der Waals surface area (Å²) >= 11 is 3.24. The van der Waals surface area contributed by atoms with E-state index >= 15 is 0 Å². The summed E-state index contributed by atoms with van der Waals surface area (Å²) in [6.07, 6.45) is 0. The molecule has 1 N–H and O–H groups in total. The van der Waals surface area contributed by atoms with Gasteiger partial charge in [-0.3, -0.25) is 4.79 Å². The lowest BCUT2D eigenvalue weighted by Crippen LogP contribution is -2.11. The molecule has 4 aromatic rings. The van der Waals surface area contributed by atoms with Gasteiger partial charge >= 0.3 is 0 Å². The number of anilines is 1. The number of para-hydroxylation sites is 2. The number of nitrogens with one attached hydrogen (secondary N) is 1. The topological polar surface area (TPSA) is 38.3 Å². The van der Waals surface area contributed by atoms with Gasteiger partial charge in [-0.05, 0) is 62.4 Å². The monoisotopic (exact) mass is 455 g/mol. The van der Waals surface area contributed by atoms with Crippen molar-refractivity contribution in [3.8, 4) is 11.5 Å². The summed E-state index contributed by atoms with van der Waals surface area (Å²) in [6.45, 7) is 4.15. The first-order chi connectivity index (χ1) is 15.5. The first-order valence-electron chi connectivity index (χ1n) is 10.3. The number of amides is 1. The second kappa shape index (κ2) is 8.77. The summed E-state index contributed by atoms with van der Waals surface area (Å²) in [4.78, 5) is 17.3. The molecular formula is C27H21NO2S2. The van der Waals surface area contributed by atoms with E-state index in [1.54, 1.807) is 23.5 Å². The molecule has 32 heavy (non-hydrogen) atoms. The standard InChI is InChI=1S/C27H21NO2S2/c1-17-7-11-19(12-8-17)31-21-15-24-26(25(16-21)32-20-13-9-18(2)10-14-20)27(29)28-22-5-3-4-6-23(22)30-24/h3-16H,1-2H3,(H,28,29). The summed E-state index contributed by atoms with van der Waals surface area (Å²) in [7, 11) is 0. The largest absolute Gasteiger partial charge is 0.454 e. The van der Waals surface area contributed by atoms with Crippen LogP contribution < -0.4 is 10.1 Å². The lowest BCUT2D eigenvalue weighted by atomic mass is 10.2. The summed E-state index contributed by atoms with van der Waals surface area (Å²) < 4.78 is 6.26. The number of benzene rings is 4. The van der Waals surface area contributed by atoms with Crippen LogP contribution in [-0.4, -0.2) is 5.91 Å². The van der Waals surface area contributed by atoms with E-state index in [0.717, 1.165) is 19.6 Å². The Bertz CT molecular complexity index is 1300. The Kier molecular flexibility index (Phi) is 5.68. The van der Waals surface area contributed by atoms with Gasteiger partial charge in [-0.2, -0.15) is 0 Å². The highest BCUT2D eigenvalue weighted by Crippen LogP contribution is 2.44. The van der Waals surface area contributed by atoms with E-state index in [-0.39, 0.29) is 5.91 Å². The Labute approximate surface area is 196 Å². The van der Waals surface area contributed by atoms with Crippen molar-refractivity contribution in [3.63, 3.8) is 0 Å². The smallest absolute Gasteiger partial charge is 0.260 e. The first-order valence-corrected chi connectivity index (χ1v) is 11.9. The third kappa shape index (κ3) is 4.40. The molecule has 1 heterocycles. The molecule has 1 amide bonds. The van der Waals surface area contributed by atoms with Crippen LogP contribution in [0.3, 0.4) is 0 Å². The fraction of sp³-hybridized carbons (Fsp3) is 0.0741. The SMILES string of the molecule is Cc1ccc(Sc2cc3c(c(Sc4ccc(C)cc4)c2)C(=O)Nc2ccccc2O3)cc1. The van der Waals surface area contributed by atoms with Crippen LogP contribution in [0, 0.1) is 13.8 Å². The molecule has 4 aromatic carbocycles. The fourth-order valence-electron chi connectivity index (χ4n) is 3.45. The van der Waals surface area contributed by atoms with Crippen molar-refractivity contribution < 1.29 is 9.53 Å². The molecule has 0 bridgehead atoms. The van der Waals surface area contributed by atoms with Gasteiger partial charge in [0.15, 0.2) is 5.75 Å². The van der Waals surface area contributed by atoms with Crippen molar-refractivity contribution in [3.05, 3.63) is 102 Å². The van der Waals surface area contributed by atoms with Crippen molar-refractivity contribution in [2.45, 2.75) is 33.4 Å². The molecule has 0 fully saturated rings. The molecule has 5 heteroatoms. The van der Waals surface area contributed by atoms with Gasteiger partial charge in [-0.25, -0.2) is 0 Å².